The molecule has 6 nitrogen and oxygen atoms in total. The third kappa shape index (κ3) is 4.46. The average Bonchev–Trinajstić information content (AvgIpc) is 3.42. The molecule has 0 radical (unpaired) electrons. The number of Topliss-reactive ketones (excluding diaryl/α,β-unsaturated/α-hetero) is 1. The van der Waals surface area contributed by atoms with E-state index in [2.05, 4.69) is 0 Å². The van der Waals surface area contributed by atoms with Crippen molar-refractivity contribution in [3.63, 3.8) is 0 Å². The smallest absolute Gasteiger partial charge is 0.296 e. The number of carbonyl (C=O) groups is 2. The second-order valence-corrected chi connectivity index (χ2v) is 8.83. The number of aliphatic hydroxyl groups excluding tert-OH is 1. The third-order valence-electron chi connectivity index (χ3n) is 5.84. The Morgan fingerprint density at radius 3 is 2.50 bits per heavy atom. The van der Waals surface area contributed by atoms with E-state index in [1.165, 1.54) is 11.2 Å². The van der Waals surface area contributed by atoms with Gasteiger partial charge in [-0.25, -0.2) is 0 Å². The highest BCUT2D eigenvalue weighted by molar-refractivity contribution is 6.46. The minimum absolute atomic E-state index is 0.0257. The summed E-state index contributed by atoms with van der Waals surface area (Å²) in [6, 6.07) is 14.8. The maximum Gasteiger partial charge on any atom is 0.296 e. The average molecular weight is 480 g/mol. The molecule has 3 aromatic rings. The van der Waals surface area contributed by atoms with E-state index in [1.54, 1.807) is 48.5 Å². The van der Waals surface area contributed by atoms with Crippen LogP contribution in [0.1, 0.15) is 55.2 Å². The molecule has 1 aromatic heterocycles. The Bertz CT molecular complexity index is 1230. The molecule has 176 valence electrons. The predicted molar refractivity (Wildman–Crippen MR) is 130 cm³/mol. The Morgan fingerprint density at radius 1 is 1.15 bits per heavy atom. The van der Waals surface area contributed by atoms with E-state index < -0.39 is 17.7 Å². The quantitative estimate of drug-likeness (QED) is 0.252. The molecule has 0 spiro atoms. The van der Waals surface area contributed by atoms with Gasteiger partial charge in [-0.2, -0.15) is 0 Å². The Kier molecular flexibility index (Phi) is 6.80. The van der Waals surface area contributed by atoms with Gasteiger partial charge in [0.05, 0.1) is 31.0 Å². The number of hydrogen-bond acceptors (Lipinski definition) is 5. The van der Waals surface area contributed by atoms with E-state index in [-0.39, 0.29) is 23.8 Å². The lowest BCUT2D eigenvalue weighted by atomic mass is 9.93. The molecule has 1 aliphatic heterocycles. The normalized spacial score (nSPS) is 17.6. The second-order valence-electron chi connectivity index (χ2n) is 8.40. The van der Waals surface area contributed by atoms with Gasteiger partial charge in [0.1, 0.15) is 17.3 Å². The van der Waals surface area contributed by atoms with Crippen molar-refractivity contribution in [1.29, 1.82) is 0 Å². The van der Waals surface area contributed by atoms with Gasteiger partial charge in [0, 0.05) is 10.6 Å². The first-order valence-electron chi connectivity index (χ1n) is 11.1. The van der Waals surface area contributed by atoms with Gasteiger partial charge in [0.25, 0.3) is 11.7 Å². The van der Waals surface area contributed by atoms with Gasteiger partial charge in [-0.15, -0.1) is 0 Å². The van der Waals surface area contributed by atoms with Crippen molar-refractivity contribution in [3.8, 4) is 5.75 Å². The Hall–Kier alpha value is -3.51. The lowest BCUT2D eigenvalue weighted by Crippen LogP contribution is -2.29. The molecule has 4 rings (SSSR count). The molecule has 1 N–H and O–H groups in total. The summed E-state index contributed by atoms with van der Waals surface area (Å²) in [6.07, 6.45) is 1.51. The number of likely N-dealkylation sites (tertiary alicyclic amines) is 1. The summed E-state index contributed by atoms with van der Waals surface area (Å²) >= 11 is 6.07. The van der Waals surface area contributed by atoms with Crippen molar-refractivity contribution < 1.29 is 23.8 Å². The van der Waals surface area contributed by atoms with Crippen LogP contribution >= 0.6 is 11.6 Å². The van der Waals surface area contributed by atoms with Gasteiger partial charge in [-0.05, 0) is 66.4 Å². The van der Waals surface area contributed by atoms with Gasteiger partial charge in [0.15, 0.2) is 0 Å². The highest BCUT2D eigenvalue weighted by Gasteiger charge is 2.46. The standard InChI is InChI=1S/C27H26ClNO5/c1-4-33-22-12-9-18(14-21(22)16(2)3)25(30)23-24(17-7-10-19(28)11-8-17)29(27(32)26(23)31)15-20-6-5-13-34-20/h5-14,16,24,30H,4,15H2,1-3H3/b25-23-. The molecule has 2 heterocycles. The summed E-state index contributed by atoms with van der Waals surface area (Å²) in [5, 5.41) is 11.9. The van der Waals surface area contributed by atoms with Crippen LogP contribution in [-0.4, -0.2) is 28.3 Å². The topological polar surface area (TPSA) is 80.0 Å². The molecule has 1 saturated heterocycles. The van der Waals surface area contributed by atoms with E-state index >= 15 is 0 Å². The SMILES string of the molecule is CCOc1ccc(/C(O)=C2/C(=O)C(=O)N(Cc3ccco3)C2c2ccc(Cl)cc2)cc1C(C)C. The van der Waals surface area contributed by atoms with Gasteiger partial charge < -0.3 is 19.2 Å². The first kappa shape index (κ1) is 23.6. The van der Waals surface area contributed by atoms with Crippen LogP contribution in [0.25, 0.3) is 5.76 Å². The third-order valence-corrected chi connectivity index (χ3v) is 6.09. The maximum atomic E-state index is 13.2. The van der Waals surface area contributed by atoms with Crippen LogP contribution in [0.4, 0.5) is 0 Å². The lowest BCUT2D eigenvalue weighted by molar-refractivity contribution is -0.140. The van der Waals surface area contributed by atoms with Crippen LogP contribution in [0.15, 0.2) is 70.9 Å². The van der Waals surface area contributed by atoms with E-state index in [9.17, 15) is 14.7 Å². The summed E-state index contributed by atoms with van der Waals surface area (Å²) in [6.45, 7) is 6.56. The lowest BCUT2D eigenvalue weighted by Gasteiger charge is -2.24. The Labute approximate surface area is 203 Å². The zero-order valence-corrected chi connectivity index (χ0v) is 20.0. The van der Waals surface area contributed by atoms with Crippen LogP contribution in [0.2, 0.25) is 5.02 Å². The van der Waals surface area contributed by atoms with Crippen LogP contribution in [0.3, 0.4) is 0 Å². The number of aliphatic hydroxyl groups is 1. The molecule has 1 aliphatic rings. The summed E-state index contributed by atoms with van der Waals surface area (Å²) in [7, 11) is 0. The first-order chi connectivity index (χ1) is 16.3. The van der Waals surface area contributed by atoms with Crippen LogP contribution in [0.5, 0.6) is 5.75 Å². The van der Waals surface area contributed by atoms with Crippen molar-refractivity contribution in [2.24, 2.45) is 0 Å². The van der Waals surface area contributed by atoms with Crippen LogP contribution in [-0.2, 0) is 16.1 Å². The maximum absolute atomic E-state index is 13.2. The van der Waals surface area contributed by atoms with Gasteiger partial charge in [-0.3, -0.25) is 9.59 Å². The van der Waals surface area contributed by atoms with Crippen molar-refractivity contribution in [3.05, 3.63) is 93.9 Å². The number of halogens is 1. The number of ether oxygens (including phenoxy) is 1. The molecular formula is C27H26ClNO5. The molecule has 0 saturated carbocycles. The zero-order valence-electron chi connectivity index (χ0n) is 19.2. The van der Waals surface area contributed by atoms with E-state index in [0.717, 1.165) is 11.3 Å². The fourth-order valence-electron chi connectivity index (χ4n) is 4.19. The van der Waals surface area contributed by atoms with Crippen LogP contribution in [0, 0.1) is 0 Å². The molecular weight excluding hydrogens is 454 g/mol. The van der Waals surface area contributed by atoms with Crippen molar-refractivity contribution in [2.75, 3.05) is 6.61 Å². The molecule has 1 fully saturated rings. The second kappa shape index (κ2) is 9.77. The first-order valence-corrected chi connectivity index (χ1v) is 11.5. The fourth-order valence-corrected chi connectivity index (χ4v) is 4.32. The predicted octanol–water partition coefficient (Wildman–Crippen LogP) is 6.08. The summed E-state index contributed by atoms with van der Waals surface area (Å²) in [5.74, 6) is -0.296. The highest BCUT2D eigenvalue weighted by atomic mass is 35.5. The fraction of sp³-hybridized carbons (Fsp3) is 0.259. The number of ketones is 1. The number of rotatable bonds is 7. The minimum Gasteiger partial charge on any atom is -0.507 e. The number of hydrogen-bond donors (Lipinski definition) is 1. The van der Waals surface area contributed by atoms with Gasteiger partial charge >= 0.3 is 0 Å². The molecule has 34 heavy (non-hydrogen) atoms. The molecule has 0 bridgehead atoms. The van der Waals surface area contributed by atoms with Crippen molar-refractivity contribution >= 4 is 29.1 Å². The molecule has 1 atom stereocenters. The summed E-state index contributed by atoms with van der Waals surface area (Å²) < 4.78 is 11.1. The van der Waals surface area contributed by atoms with Crippen molar-refractivity contribution in [2.45, 2.75) is 39.3 Å². The zero-order chi connectivity index (χ0) is 24.4. The molecule has 1 amide bonds. The van der Waals surface area contributed by atoms with Gasteiger partial charge in [-0.1, -0.05) is 37.6 Å². The van der Waals surface area contributed by atoms with E-state index in [0.29, 0.717) is 28.5 Å². The van der Waals surface area contributed by atoms with E-state index in [1.807, 2.05) is 26.8 Å². The number of benzene rings is 2. The summed E-state index contributed by atoms with van der Waals surface area (Å²) in [5.41, 5.74) is 2.03. The minimum atomic E-state index is -0.795. The highest BCUT2D eigenvalue weighted by Crippen LogP contribution is 2.41. The summed E-state index contributed by atoms with van der Waals surface area (Å²) in [4.78, 5) is 27.7. The molecule has 2 aromatic carbocycles. The Morgan fingerprint density at radius 2 is 1.88 bits per heavy atom. The molecule has 0 aliphatic carbocycles. The van der Waals surface area contributed by atoms with Crippen LogP contribution < -0.4 is 4.74 Å². The largest absolute Gasteiger partial charge is 0.507 e. The Balaban J connectivity index is 1.86. The molecule has 1 unspecified atom stereocenters. The number of nitrogens with zero attached hydrogens (tertiary/aromatic N) is 1. The van der Waals surface area contributed by atoms with Crippen molar-refractivity contribution in [1.82, 2.24) is 4.90 Å². The number of carbonyl (C=O) groups excluding carboxylic acids is 2. The number of furan rings is 1. The molecule has 7 heteroatoms. The van der Waals surface area contributed by atoms with E-state index in [4.69, 9.17) is 20.8 Å². The van der Waals surface area contributed by atoms with Gasteiger partial charge in [0.2, 0.25) is 0 Å². The monoisotopic (exact) mass is 479 g/mol. The number of amides is 1.